The van der Waals surface area contributed by atoms with Gasteiger partial charge in [0.2, 0.25) is 0 Å². The molecule has 0 unspecified atom stereocenters. The first-order chi connectivity index (χ1) is 15.8. The van der Waals surface area contributed by atoms with E-state index in [-0.39, 0.29) is 0 Å². The Morgan fingerprint density at radius 3 is 1.03 bits per heavy atom. The predicted octanol–water partition coefficient (Wildman–Crippen LogP) is 10.1. The molecule has 3 aromatic carbocycles. The quantitative estimate of drug-likeness (QED) is 0.355. The molecule has 0 N–H and O–H groups in total. The third-order valence-corrected chi connectivity index (χ3v) is 3.24. The van der Waals surface area contributed by atoms with Crippen LogP contribution in [0.5, 0.6) is 0 Å². The molecule has 3 rings (SSSR count). The minimum atomic E-state index is 1.03. The SMILES string of the molecule is CC.CC.CC.CC.CN=NC.Cc1ccc(Cc2ccccc2)cc1.c1ccccc1. The van der Waals surface area contributed by atoms with E-state index in [9.17, 15) is 0 Å². The van der Waals surface area contributed by atoms with Crippen LogP contribution in [-0.2, 0) is 6.42 Å². The molecule has 0 heterocycles. The van der Waals surface area contributed by atoms with Gasteiger partial charge in [0, 0.05) is 14.1 Å². The Morgan fingerprint density at radius 2 is 0.719 bits per heavy atom. The molecule has 3 aromatic rings. The van der Waals surface area contributed by atoms with Gasteiger partial charge in [-0.2, -0.15) is 10.2 Å². The molecule has 0 fully saturated rings. The Hall–Kier alpha value is -2.74. The first-order valence-corrected chi connectivity index (χ1v) is 12.0. The van der Waals surface area contributed by atoms with Crippen molar-refractivity contribution < 1.29 is 0 Å². The molecule has 0 aliphatic heterocycles. The summed E-state index contributed by atoms with van der Waals surface area (Å²) in [5.41, 5.74) is 4.07. The van der Waals surface area contributed by atoms with Crippen LogP contribution in [0.4, 0.5) is 0 Å². The van der Waals surface area contributed by atoms with Crippen LogP contribution in [0.1, 0.15) is 72.1 Å². The molecule has 0 saturated heterocycles. The van der Waals surface area contributed by atoms with Crippen LogP contribution in [0.2, 0.25) is 0 Å². The second-order valence-electron chi connectivity index (χ2n) is 5.20. The third-order valence-electron chi connectivity index (χ3n) is 3.24. The van der Waals surface area contributed by atoms with Gasteiger partial charge >= 0.3 is 0 Å². The largest absolute Gasteiger partial charge is 0.198 e. The van der Waals surface area contributed by atoms with E-state index < -0.39 is 0 Å². The van der Waals surface area contributed by atoms with Gasteiger partial charge in [-0.05, 0) is 24.5 Å². The van der Waals surface area contributed by atoms with Crippen LogP contribution >= 0.6 is 0 Å². The Labute approximate surface area is 200 Å². The molecule has 0 amide bonds. The zero-order chi connectivity index (χ0) is 25.5. The summed E-state index contributed by atoms with van der Waals surface area (Å²) in [5, 5.41) is 6.72. The fraction of sp³-hybridized carbons (Fsp3) is 0.400. The van der Waals surface area contributed by atoms with Gasteiger partial charge in [-0.1, -0.05) is 152 Å². The third kappa shape index (κ3) is 27.3. The maximum atomic E-state index is 3.36. The molecular formula is C30H50N2. The van der Waals surface area contributed by atoms with Crippen molar-refractivity contribution in [3.8, 4) is 0 Å². The molecule has 0 aromatic heterocycles. The molecule has 0 aliphatic carbocycles. The van der Waals surface area contributed by atoms with Crippen LogP contribution in [0, 0.1) is 6.92 Å². The number of hydrogen-bond donors (Lipinski definition) is 0. The number of nitrogens with zero attached hydrogens (tertiary/aromatic N) is 2. The molecular weight excluding hydrogens is 388 g/mol. The van der Waals surface area contributed by atoms with Gasteiger partial charge in [-0.15, -0.1) is 0 Å². The van der Waals surface area contributed by atoms with E-state index in [0.717, 1.165) is 6.42 Å². The first kappa shape index (κ1) is 36.6. The van der Waals surface area contributed by atoms with Gasteiger partial charge < -0.3 is 0 Å². The van der Waals surface area contributed by atoms with Crippen molar-refractivity contribution in [2.75, 3.05) is 14.1 Å². The van der Waals surface area contributed by atoms with Gasteiger partial charge in [0.25, 0.3) is 0 Å². The molecule has 0 radical (unpaired) electrons. The Balaban J connectivity index is -0.000000183. The van der Waals surface area contributed by atoms with Crippen molar-refractivity contribution >= 4 is 0 Å². The highest BCUT2D eigenvalue weighted by Crippen LogP contribution is 2.09. The lowest BCUT2D eigenvalue weighted by Gasteiger charge is -2.01. The van der Waals surface area contributed by atoms with Gasteiger partial charge in [0.05, 0.1) is 0 Å². The summed E-state index contributed by atoms with van der Waals surface area (Å²) in [6.45, 7) is 18.1. The minimum absolute atomic E-state index is 1.03. The lowest BCUT2D eigenvalue weighted by Crippen LogP contribution is -1.86. The lowest BCUT2D eigenvalue weighted by atomic mass is 10.0. The topological polar surface area (TPSA) is 24.7 Å². The summed E-state index contributed by atoms with van der Waals surface area (Å²) in [6.07, 6.45) is 1.03. The smallest absolute Gasteiger partial charge is 0.0487 e. The number of aryl methyl sites for hydroxylation is 1. The van der Waals surface area contributed by atoms with Crippen LogP contribution in [0.15, 0.2) is 101 Å². The Morgan fingerprint density at radius 1 is 0.438 bits per heavy atom. The zero-order valence-electron chi connectivity index (χ0n) is 22.8. The zero-order valence-corrected chi connectivity index (χ0v) is 22.8. The summed E-state index contributed by atoms with van der Waals surface area (Å²) < 4.78 is 0. The highest BCUT2D eigenvalue weighted by molar-refractivity contribution is 5.28. The van der Waals surface area contributed by atoms with Crippen molar-refractivity contribution in [1.29, 1.82) is 0 Å². The molecule has 32 heavy (non-hydrogen) atoms. The molecule has 2 nitrogen and oxygen atoms in total. The molecule has 180 valence electrons. The van der Waals surface area contributed by atoms with Crippen molar-refractivity contribution in [1.82, 2.24) is 0 Å². The Kier molecular flexibility index (Phi) is 40.8. The van der Waals surface area contributed by atoms with Crippen molar-refractivity contribution in [2.24, 2.45) is 10.2 Å². The first-order valence-electron chi connectivity index (χ1n) is 12.0. The van der Waals surface area contributed by atoms with Crippen LogP contribution in [-0.4, -0.2) is 14.1 Å². The second kappa shape index (κ2) is 35.7. The average molecular weight is 439 g/mol. The van der Waals surface area contributed by atoms with Crippen LogP contribution in [0.25, 0.3) is 0 Å². The van der Waals surface area contributed by atoms with Gasteiger partial charge in [-0.3, -0.25) is 0 Å². The maximum absolute atomic E-state index is 3.36. The molecule has 2 heteroatoms. The van der Waals surface area contributed by atoms with Crippen LogP contribution in [0.3, 0.4) is 0 Å². The number of hydrogen-bond acceptors (Lipinski definition) is 2. The van der Waals surface area contributed by atoms with Gasteiger partial charge in [0.1, 0.15) is 0 Å². The fourth-order valence-corrected chi connectivity index (χ4v) is 1.92. The van der Waals surface area contributed by atoms with E-state index in [4.69, 9.17) is 0 Å². The van der Waals surface area contributed by atoms with E-state index in [1.54, 1.807) is 14.1 Å². The molecule has 0 aliphatic rings. The normalized spacial score (nSPS) is 7.84. The van der Waals surface area contributed by atoms with Gasteiger partial charge in [0.15, 0.2) is 0 Å². The highest BCUT2D eigenvalue weighted by atomic mass is 15.0. The summed E-state index contributed by atoms with van der Waals surface area (Å²) >= 11 is 0. The van der Waals surface area contributed by atoms with Crippen molar-refractivity contribution in [3.05, 3.63) is 108 Å². The standard InChI is InChI=1S/C14H14.C6H6.C2H6N2.4C2H6/c1-12-7-9-14(10-8-12)11-13-5-3-2-4-6-13;1-2-4-6-5-3-1;1-3-4-2;4*1-2/h2-10H,11H2,1H3;1-6H;1-2H3;4*1-2H3. The van der Waals surface area contributed by atoms with Crippen LogP contribution < -0.4 is 0 Å². The Bertz CT molecular complexity index is 630. The van der Waals surface area contributed by atoms with E-state index in [1.807, 2.05) is 91.8 Å². The summed E-state index contributed by atoms with van der Waals surface area (Å²) in [7, 11) is 3.28. The second-order valence-corrected chi connectivity index (χ2v) is 5.20. The summed E-state index contributed by atoms with van der Waals surface area (Å²) in [5.74, 6) is 0. The molecule has 0 saturated carbocycles. The van der Waals surface area contributed by atoms with Crippen molar-refractivity contribution in [2.45, 2.75) is 68.7 Å². The summed E-state index contributed by atoms with van der Waals surface area (Å²) in [6, 6.07) is 31.3. The lowest BCUT2D eigenvalue weighted by molar-refractivity contribution is 1.11. The maximum Gasteiger partial charge on any atom is 0.0487 e. The summed E-state index contributed by atoms with van der Waals surface area (Å²) in [4.78, 5) is 0. The molecule has 0 spiro atoms. The predicted molar refractivity (Wildman–Crippen MR) is 149 cm³/mol. The van der Waals surface area contributed by atoms with E-state index in [1.165, 1.54) is 16.7 Å². The monoisotopic (exact) mass is 438 g/mol. The number of benzene rings is 3. The molecule has 0 bridgehead atoms. The number of rotatable bonds is 2. The van der Waals surface area contributed by atoms with E-state index >= 15 is 0 Å². The highest BCUT2D eigenvalue weighted by Gasteiger charge is 1.94. The minimum Gasteiger partial charge on any atom is -0.198 e. The molecule has 0 atom stereocenters. The number of azo groups is 1. The fourth-order valence-electron chi connectivity index (χ4n) is 1.92. The average Bonchev–Trinajstić information content (AvgIpc) is 2.92. The van der Waals surface area contributed by atoms with Gasteiger partial charge in [-0.25, -0.2) is 0 Å². The van der Waals surface area contributed by atoms with E-state index in [0.29, 0.717) is 0 Å². The van der Waals surface area contributed by atoms with E-state index in [2.05, 4.69) is 71.7 Å². The van der Waals surface area contributed by atoms with Crippen molar-refractivity contribution in [3.63, 3.8) is 0 Å².